The highest BCUT2D eigenvalue weighted by Crippen LogP contribution is 2.21. The zero-order valence-electron chi connectivity index (χ0n) is 6.97. The van der Waals surface area contributed by atoms with Crippen LogP contribution in [0.25, 0.3) is 0 Å². The average molecular weight is 169 g/mol. The van der Waals surface area contributed by atoms with Gasteiger partial charge in [0.1, 0.15) is 11.6 Å². The van der Waals surface area contributed by atoms with E-state index in [9.17, 15) is 9.50 Å². The molecular weight excluding hydrogens is 157 g/mol. The first kappa shape index (κ1) is 9.00. The Morgan fingerprint density at radius 1 is 1.50 bits per heavy atom. The van der Waals surface area contributed by atoms with Crippen molar-refractivity contribution in [3.63, 3.8) is 0 Å². The first-order chi connectivity index (χ1) is 5.65. The topological polar surface area (TPSA) is 46.2 Å². The molecule has 12 heavy (non-hydrogen) atoms. The van der Waals surface area contributed by atoms with Crippen LogP contribution in [-0.4, -0.2) is 11.7 Å². The summed E-state index contributed by atoms with van der Waals surface area (Å²) < 4.78 is 13.0. The van der Waals surface area contributed by atoms with Crippen LogP contribution < -0.4 is 5.73 Å². The van der Waals surface area contributed by atoms with Crippen LogP contribution in [0.3, 0.4) is 0 Å². The van der Waals surface area contributed by atoms with E-state index in [0.29, 0.717) is 13.0 Å². The van der Waals surface area contributed by atoms with Gasteiger partial charge in [0.25, 0.3) is 0 Å². The molecule has 0 aliphatic rings. The Bertz CT molecular complexity index is 263. The molecule has 66 valence electrons. The minimum Gasteiger partial charge on any atom is -0.508 e. The second-order valence-electron chi connectivity index (χ2n) is 2.76. The molecule has 0 saturated heterocycles. The normalized spacial score (nSPS) is 10.2. The molecule has 0 unspecified atom stereocenters. The van der Waals surface area contributed by atoms with E-state index in [1.807, 2.05) is 0 Å². The quantitative estimate of drug-likeness (QED) is 0.701. The Morgan fingerprint density at radius 2 is 2.17 bits per heavy atom. The standard InChI is InChI=1S/C9H12FNO/c1-6-8(10)4-7(2-3-11)5-9(6)12/h4-5,12H,2-3,11H2,1H3. The van der Waals surface area contributed by atoms with E-state index in [1.54, 1.807) is 6.07 Å². The average Bonchev–Trinajstić information content (AvgIpc) is 2.01. The second kappa shape index (κ2) is 3.54. The first-order valence-electron chi connectivity index (χ1n) is 3.83. The molecular formula is C9H12FNO. The largest absolute Gasteiger partial charge is 0.508 e. The van der Waals surface area contributed by atoms with Gasteiger partial charge in [0.05, 0.1) is 0 Å². The van der Waals surface area contributed by atoms with Crippen LogP contribution in [0.5, 0.6) is 5.75 Å². The van der Waals surface area contributed by atoms with Gasteiger partial charge in [-0.15, -0.1) is 0 Å². The summed E-state index contributed by atoms with van der Waals surface area (Å²) >= 11 is 0. The third-order valence-electron chi connectivity index (χ3n) is 1.81. The third-order valence-corrected chi connectivity index (χ3v) is 1.81. The summed E-state index contributed by atoms with van der Waals surface area (Å²) in [7, 11) is 0. The van der Waals surface area contributed by atoms with Crippen LogP contribution in [0.1, 0.15) is 11.1 Å². The van der Waals surface area contributed by atoms with Crippen molar-refractivity contribution in [1.29, 1.82) is 0 Å². The lowest BCUT2D eigenvalue weighted by molar-refractivity contribution is 0.462. The van der Waals surface area contributed by atoms with Crippen molar-refractivity contribution in [3.8, 4) is 5.75 Å². The van der Waals surface area contributed by atoms with Crippen molar-refractivity contribution in [2.75, 3.05) is 6.54 Å². The van der Waals surface area contributed by atoms with Gasteiger partial charge in [-0.25, -0.2) is 4.39 Å². The summed E-state index contributed by atoms with van der Waals surface area (Å²) in [5.41, 5.74) is 6.32. The molecule has 1 aromatic rings. The summed E-state index contributed by atoms with van der Waals surface area (Å²) in [5.74, 6) is -0.378. The predicted octanol–water partition coefficient (Wildman–Crippen LogP) is 1.34. The van der Waals surface area contributed by atoms with Crippen molar-refractivity contribution in [3.05, 3.63) is 29.1 Å². The molecule has 0 atom stereocenters. The Labute approximate surface area is 70.8 Å². The van der Waals surface area contributed by atoms with Crippen LogP contribution in [0, 0.1) is 12.7 Å². The van der Waals surface area contributed by atoms with Gasteiger partial charge in [-0.3, -0.25) is 0 Å². The third kappa shape index (κ3) is 1.74. The molecule has 0 aliphatic heterocycles. The van der Waals surface area contributed by atoms with E-state index in [0.717, 1.165) is 5.56 Å². The monoisotopic (exact) mass is 169 g/mol. The van der Waals surface area contributed by atoms with Gasteiger partial charge in [-0.05, 0) is 37.6 Å². The number of phenols is 1. The van der Waals surface area contributed by atoms with Crippen molar-refractivity contribution in [2.24, 2.45) is 5.73 Å². The summed E-state index contributed by atoms with van der Waals surface area (Å²) in [4.78, 5) is 0. The molecule has 0 bridgehead atoms. The summed E-state index contributed by atoms with van der Waals surface area (Å²) in [6.07, 6.45) is 0.588. The van der Waals surface area contributed by atoms with Gasteiger partial charge in [0.15, 0.2) is 0 Å². The fourth-order valence-electron chi connectivity index (χ4n) is 1.03. The van der Waals surface area contributed by atoms with Gasteiger partial charge in [0, 0.05) is 5.56 Å². The van der Waals surface area contributed by atoms with E-state index in [4.69, 9.17) is 5.73 Å². The highest BCUT2D eigenvalue weighted by atomic mass is 19.1. The lowest BCUT2D eigenvalue weighted by Crippen LogP contribution is -2.03. The van der Waals surface area contributed by atoms with E-state index in [-0.39, 0.29) is 17.1 Å². The molecule has 3 N–H and O–H groups in total. The molecule has 3 heteroatoms. The molecule has 2 nitrogen and oxygen atoms in total. The van der Waals surface area contributed by atoms with Crippen LogP contribution in [0.2, 0.25) is 0 Å². The maximum Gasteiger partial charge on any atom is 0.130 e. The summed E-state index contributed by atoms with van der Waals surface area (Å²) in [6, 6.07) is 2.95. The fraction of sp³-hybridized carbons (Fsp3) is 0.333. The smallest absolute Gasteiger partial charge is 0.130 e. The number of hydrogen-bond acceptors (Lipinski definition) is 2. The van der Waals surface area contributed by atoms with E-state index in [2.05, 4.69) is 0 Å². The molecule has 0 fully saturated rings. The van der Waals surface area contributed by atoms with Crippen LogP contribution in [0.4, 0.5) is 4.39 Å². The minimum absolute atomic E-state index is 0.00144. The number of hydrogen-bond donors (Lipinski definition) is 2. The van der Waals surface area contributed by atoms with E-state index in [1.165, 1.54) is 13.0 Å². The maximum absolute atomic E-state index is 13.0. The summed E-state index contributed by atoms with van der Waals surface area (Å²) in [5, 5.41) is 9.23. The van der Waals surface area contributed by atoms with Crippen LogP contribution in [-0.2, 0) is 6.42 Å². The minimum atomic E-state index is -0.376. The molecule has 0 amide bonds. The second-order valence-corrected chi connectivity index (χ2v) is 2.76. The molecule has 0 heterocycles. The summed E-state index contributed by atoms with van der Waals surface area (Å²) in [6.45, 7) is 2.00. The molecule has 0 radical (unpaired) electrons. The SMILES string of the molecule is Cc1c(O)cc(CCN)cc1F. The van der Waals surface area contributed by atoms with Crippen molar-refractivity contribution < 1.29 is 9.50 Å². The van der Waals surface area contributed by atoms with Crippen molar-refractivity contribution >= 4 is 0 Å². The number of benzene rings is 1. The Hall–Kier alpha value is -1.09. The zero-order chi connectivity index (χ0) is 9.14. The highest BCUT2D eigenvalue weighted by molar-refractivity contribution is 5.36. The van der Waals surface area contributed by atoms with E-state index < -0.39 is 0 Å². The molecule has 0 saturated carbocycles. The Balaban J connectivity index is 3.04. The van der Waals surface area contributed by atoms with E-state index >= 15 is 0 Å². The van der Waals surface area contributed by atoms with Crippen molar-refractivity contribution in [1.82, 2.24) is 0 Å². The van der Waals surface area contributed by atoms with Gasteiger partial charge >= 0.3 is 0 Å². The molecule has 0 aliphatic carbocycles. The Morgan fingerprint density at radius 3 is 2.67 bits per heavy atom. The first-order valence-corrected chi connectivity index (χ1v) is 3.83. The number of phenolic OH excluding ortho intramolecular Hbond substituents is 1. The highest BCUT2D eigenvalue weighted by Gasteiger charge is 2.04. The van der Waals surface area contributed by atoms with Crippen LogP contribution in [0.15, 0.2) is 12.1 Å². The fourth-order valence-corrected chi connectivity index (χ4v) is 1.03. The number of aromatic hydroxyl groups is 1. The van der Waals surface area contributed by atoms with Crippen LogP contribution >= 0.6 is 0 Å². The molecule has 1 aromatic carbocycles. The predicted molar refractivity (Wildman–Crippen MR) is 45.6 cm³/mol. The number of rotatable bonds is 2. The number of halogens is 1. The lowest BCUT2D eigenvalue weighted by Gasteiger charge is -2.03. The molecule has 1 rings (SSSR count). The van der Waals surface area contributed by atoms with Crippen molar-refractivity contribution in [2.45, 2.75) is 13.3 Å². The molecule has 0 spiro atoms. The van der Waals surface area contributed by atoms with Gasteiger partial charge in [-0.1, -0.05) is 0 Å². The maximum atomic E-state index is 13.0. The Kier molecular flexibility index (Phi) is 2.65. The molecule has 0 aromatic heterocycles. The van der Waals surface area contributed by atoms with Gasteiger partial charge < -0.3 is 10.8 Å². The zero-order valence-corrected chi connectivity index (χ0v) is 6.97. The van der Waals surface area contributed by atoms with Gasteiger partial charge in [-0.2, -0.15) is 0 Å². The van der Waals surface area contributed by atoms with Gasteiger partial charge in [0.2, 0.25) is 0 Å². The lowest BCUT2D eigenvalue weighted by atomic mass is 10.1. The number of nitrogens with two attached hydrogens (primary N) is 1.